The molecule has 1 amide bonds. The molecule has 0 saturated heterocycles. The molecule has 1 aromatic heterocycles. The number of carbonyl (C=O) groups is 2. The topological polar surface area (TPSA) is 88.5 Å². The van der Waals surface area contributed by atoms with E-state index in [9.17, 15) is 9.59 Å². The summed E-state index contributed by atoms with van der Waals surface area (Å²) in [7, 11) is 1.65. The van der Waals surface area contributed by atoms with Gasteiger partial charge in [0.25, 0.3) is 5.91 Å². The minimum Gasteiger partial charge on any atom is -0.478 e. The lowest BCUT2D eigenvalue weighted by atomic mass is 10.1. The second kappa shape index (κ2) is 8.20. The Hall–Kier alpha value is -1.95. The SMILES string of the molecule is COCCCCCNC(=O)c1ccncc1C(=O)O. The third kappa shape index (κ3) is 5.05. The van der Waals surface area contributed by atoms with Gasteiger partial charge in [0.1, 0.15) is 0 Å². The second-order valence-electron chi connectivity index (χ2n) is 4.04. The van der Waals surface area contributed by atoms with Gasteiger partial charge in [-0.2, -0.15) is 0 Å². The van der Waals surface area contributed by atoms with E-state index in [2.05, 4.69) is 10.3 Å². The van der Waals surface area contributed by atoms with Gasteiger partial charge in [0.05, 0.1) is 11.1 Å². The Kier molecular flexibility index (Phi) is 6.52. The Balaban J connectivity index is 2.43. The molecule has 0 unspecified atom stereocenters. The number of nitrogens with one attached hydrogen (secondary N) is 1. The number of ether oxygens (including phenoxy) is 1. The number of carboxylic acid groups (broad SMARTS) is 1. The van der Waals surface area contributed by atoms with E-state index < -0.39 is 5.97 Å². The monoisotopic (exact) mass is 266 g/mol. The highest BCUT2D eigenvalue weighted by molar-refractivity contribution is 6.04. The first-order valence-electron chi connectivity index (χ1n) is 6.11. The van der Waals surface area contributed by atoms with Crippen molar-refractivity contribution in [1.29, 1.82) is 0 Å². The minimum absolute atomic E-state index is 0.0839. The van der Waals surface area contributed by atoms with Crippen LogP contribution in [0.25, 0.3) is 0 Å². The first-order chi connectivity index (χ1) is 9.16. The molecule has 0 saturated carbocycles. The number of aromatic carboxylic acids is 1. The van der Waals surface area contributed by atoms with Crippen LogP contribution in [-0.2, 0) is 4.74 Å². The maximum atomic E-state index is 11.8. The number of rotatable bonds is 8. The predicted octanol–water partition coefficient (Wildman–Crippen LogP) is 1.33. The highest BCUT2D eigenvalue weighted by atomic mass is 16.5. The van der Waals surface area contributed by atoms with Crippen LogP contribution in [0.4, 0.5) is 0 Å². The number of methoxy groups -OCH3 is 1. The fourth-order valence-corrected chi connectivity index (χ4v) is 1.61. The van der Waals surface area contributed by atoms with Crippen LogP contribution in [0.2, 0.25) is 0 Å². The summed E-state index contributed by atoms with van der Waals surface area (Å²) in [4.78, 5) is 26.5. The average Bonchev–Trinajstić information content (AvgIpc) is 2.42. The highest BCUT2D eigenvalue weighted by Gasteiger charge is 2.15. The Morgan fingerprint density at radius 1 is 1.32 bits per heavy atom. The van der Waals surface area contributed by atoms with E-state index in [0.717, 1.165) is 19.3 Å². The van der Waals surface area contributed by atoms with E-state index in [-0.39, 0.29) is 17.0 Å². The fourth-order valence-electron chi connectivity index (χ4n) is 1.61. The zero-order valence-electron chi connectivity index (χ0n) is 10.9. The van der Waals surface area contributed by atoms with Crippen LogP contribution in [0.1, 0.15) is 40.0 Å². The maximum absolute atomic E-state index is 11.8. The molecule has 0 aliphatic heterocycles. The number of amides is 1. The van der Waals surface area contributed by atoms with Crippen molar-refractivity contribution in [2.45, 2.75) is 19.3 Å². The van der Waals surface area contributed by atoms with Crippen LogP contribution in [0.15, 0.2) is 18.5 Å². The number of hydrogen-bond acceptors (Lipinski definition) is 4. The standard InChI is InChI=1S/C13H18N2O4/c1-19-8-4-2-3-6-15-12(16)10-5-7-14-9-11(10)13(17)18/h5,7,9H,2-4,6,8H2,1H3,(H,15,16)(H,17,18). The van der Waals surface area contributed by atoms with Gasteiger partial charge in [-0.25, -0.2) is 4.79 Å². The number of nitrogens with zero attached hydrogens (tertiary/aromatic N) is 1. The number of carboxylic acids is 1. The van der Waals surface area contributed by atoms with Gasteiger partial charge in [-0.15, -0.1) is 0 Å². The van der Waals surface area contributed by atoms with Gasteiger partial charge in [0.15, 0.2) is 0 Å². The van der Waals surface area contributed by atoms with Crippen molar-refractivity contribution in [3.05, 3.63) is 29.6 Å². The summed E-state index contributed by atoms with van der Waals surface area (Å²) in [5.74, 6) is -1.54. The Morgan fingerprint density at radius 3 is 2.79 bits per heavy atom. The fraction of sp³-hybridized carbons (Fsp3) is 0.462. The third-order valence-corrected chi connectivity index (χ3v) is 2.61. The number of aromatic nitrogens is 1. The van der Waals surface area contributed by atoms with Crippen molar-refractivity contribution in [2.75, 3.05) is 20.3 Å². The second-order valence-corrected chi connectivity index (χ2v) is 4.04. The maximum Gasteiger partial charge on any atom is 0.338 e. The van der Waals surface area contributed by atoms with Crippen LogP contribution in [0.3, 0.4) is 0 Å². The molecule has 0 radical (unpaired) electrons. The molecular formula is C13H18N2O4. The van der Waals surface area contributed by atoms with Gasteiger partial charge in [0, 0.05) is 32.7 Å². The van der Waals surface area contributed by atoms with Crippen molar-refractivity contribution in [3.63, 3.8) is 0 Å². The zero-order chi connectivity index (χ0) is 14.1. The van der Waals surface area contributed by atoms with Gasteiger partial charge in [-0.1, -0.05) is 0 Å². The van der Waals surface area contributed by atoms with Crippen molar-refractivity contribution >= 4 is 11.9 Å². The quantitative estimate of drug-likeness (QED) is 0.693. The molecule has 1 aromatic rings. The number of carbonyl (C=O) groups excluding carboxylic acids is 1. The molecule has 19 heavy (non-hydrogen) atoms. The van der Waals surface area contributed by atoms with Crippen LogP contribution < -0.4 is 5.32 Å². The van der Waals surface area contributed by atoms with Crippen molar-refractivity contribution < 1.29 is 19.4 Å². The van der Waals surface area contributed by atoms with E-state index in [1.807, 2.05) is 0 Å². The molecule has 6 nitrogen and oxygen atoms in total. The molecule has 1 heterocycles. The molecule has 0 fully saturated rings. The predicted molar refractivity (Wildman–Crippen MR) is 69.3 cm³/mol. The van der Waals surface area contributed by atoms with Crippen molar-refractivity contribution in [2.24, 2.45) is 0 Å². The smallest absolute Gasteiger partial charge is 0.338 e. The van der Waals surface area contributed by atoms with E-state index >= 15 is 0 Å². The molecule has 1 rings (SSSR count). The van der Waals surface area contributed by atoms with Crippen LogP contribution in [0.5, 0.6) is 0 Å². The summed E-state index contributed by atoms with van der Waals surface area (Å²) >= 11 is 0. The molecule has 0 aliphatic carbocycles. The van der Waals surface area contributed by atoms with Crippen LogP contribution in [-0.4, -0.2) is 42.2 Å². The molecule has 0 aliphatic rings. The van der Waals surface area contributed by atoms with Gasteiger partial charge in [-0.3, -0.25) is 9.78 Å². The molecule has 104 valence electrons. The lowest BCUT2D eigenvalue weighted by Gasteiger charge is -2.07. The number of pyridine rings is 1. The third-order valence-electron chi connectivity index (χ3n) is 2.61. The minimum atomic E-state index is -1.15. The average molecular weight is 266 g/mol. The Bertz CT molecular complexity index is 434. The molecule has 0 spiro atoms. The molecule has 0 aromatic carbocycles. The lowest BCUT2D eigenvalue weighted by molar-refractivity contribution is 0.0690. The lowest BCUT2D eigenvalue weighted by Crippen LogP contribution is -2.26. The zero-order valence-corrected chi connectivity index (χ0v) is 10.9. The van der Waals surface area contributed by atoms with Crippen LogP contribution >= 0.6 is 0 Å². The largest absolute Gasteiger partial charge is 0.478 e. The molecular weight excluding hydrogens is 248 g/mol. The summed E-state index contributed by atoms with van der Waals surface area (Å²) in [6.07, 6.45) is 5.32. The summed E-state index contributed by atoms with van der Waals surface area (Å²) in [5, 5.41) is 11.6. The summed E-state index contributed by atoms with van der Waals surface area (Å²) < 4.78 is 4.92. The molecule has 0 bridgehead atoms. The summed E-state index contributed by atoms with van der Waals surface area (Å²) in [5.41, 5.74) is 0.0544. The van der Waals surface area contributed by atoms with Crippen molar-refractivity contribution in [1.82, 2.24) is 10.3 Å². The van der Waals surface area contributed by atoms with Gasteiger partial charge in [0.2, 0.25) is 0 Å². The Labute approximate surface area is 111 Å². The van der Waals surface area contributed by atoms with Crippen LogP contribution in [0, 0.1) is 0 Å². The number of hydrogen-bond donors (Lipinski definition) is 2. The Morgan fingerprint density at radius 2 is 2.11 bits per heavy atom. The van der Waals surface area contributed by atoms with E-state index in [0.29, 0.717) is 13.2 Å². The summed E-state index contributed by atoms with van der Waals surface area (Å²) in [6, 6.07) is 1.41. The molecule has 2 N–H and O–H groups in total. The first-order valence-corrected chi connectivity index (χ1v) is 6.11. The molecule has 6 heteroatoms. The van der Waals surface area contributed by atoms with Crippen molar-refractivity contribution in [3.8, 4) is 0 Å². The normalized spacial score (nSPS) is 10.2. The number of unbranched alkanes of at least 4 members (excludes halogenated alkanes) is 2. The van der Waals surface area contributed by atoms with E-state index in [1.165, 1.54) is 18.5 Å². The molecule has 0 atom stereocenters. The summed E-state index contributed by atoms with van der Waals surface area (Å²) in [6.45, 7) is 1.23. The first kappa shape index (κ1) is 15.1. The van der Waals surface area contributed by atoms with E-state index in [4.69, 9.17) is 9.84 Å². The van der Waals surface area contributed by atoms with Gasteiger partial charge >= 0.3 is 5.97 Å². The highest BCUT2D eigenvalue weighted by Crippen LogP contribution is 2.06. The van der Waals surface area contributed by atoms with Gasteiger partial charge < -0.3 is 15.2 Å². The van der Waals surface area contributed by atoms with Gasteiger partial charge in [-0.05, 0) is 25.3 Å². The van der Waals surface area contributed by atoms with E-state index in [1.54, 1.807) is 7.11 Å².